The van der Waals surface area contributed by atoms with E-state index in [2.05, 4.69) is 0 Å². The van der Waals surface area contributed by atoms with Crippen molar-refractivity contribution in [3.05, 3.63) is 172 Å². The molecule has 0 saturated heterocycles. The first kappa shape index (κ1) is 45.3. The van der Waals surface area contributed by atoms with E-state index in [4.69, 9.17) is 0 Å². The number of aromatic carboxylic acids is 10. The van der Waals surface area contributed by atoms with E-state index >= 15 is 0 Å². The van der Waals surface area contributed by atoms with Crippen molar-refractivity contribution < 1.29 is 99.0 Å². The Kier molecular flexibility index (Phi) is 12.1. The van der Waals surface area contributed by atoms with Crippen molar-refractivity contribution in [2.45, 2.75) is 32.1 Å². The van der Waals surface area contributed by atoms with Crippen molar-refractivity contribution in [3.8, 4) is 0 Å². The fourth-order valence-corrected chi connectivity index (χ4v) is 7.93. The van der Waals surface area contributed by atoms with Crippen LogP contribution in [0, 0.1) is 0 Å². The van der Waals surface area contributed by atoms with Gasteiger partial charge in [0.25, 0.3) is 0 Å². The smallest absolute Gasteiger partial charge is 0.335 e. The third-order valence-electron chi connectivity index (χ3n) is 10.9. The van der Waals surface area contributed by atoms with Gasteiger partial charge in [-0.05, 0) is 148 Å². The molecule has 0 unspecified atom stereocenters. The van der Waals surface area contributed by atoms with Crippen LogP contribution in [0.25, 0.3) is 0 Å². The highest BCUT2D eigenvalue weighted by molar-refractivity contribution is 6.00. The van der Waals surface area contributed by atoms with Gasteiger partial charge in [0.15, 0.2) is 0 Å². The summed E-state index contributed by atoms with van der Waals surface area (Å²) in [7, 11) is 0. The fourth-order valence-electron chi connectivity index (χ4n) is 7.93. The Hall–Kier alpha value is -9.20. The summed E-state index contributed by atoms with van der Waals surface area (Å²) in [5.74, 6) is -17.1. The van der Waals surface area contributed by atoms with E-state index in [1.807, 2.05) is 0 Å². The number of carboxylic acids is 10. The normalized spacial score (nSPS) is 12.0. The Balaban J connectivity index is 1.77. The third-order valence-corrected chi connectivity index (χ3v) is 10.9. The van der Waals surface area contributed by atoms with Crippen LogP contribution in [-0.2, 0) is 32.1 Å². The largest absolute Gasteiger partial charge is 0.478 e. The quantitative estimate of drug-likeness (QED) is 0.0870. The summed E-state index contributed by atoms with van der Waals surface area (Å²) in [6, 6.07) is 8.34. The zero-order chi connectivity index (χ0) is 47.9. The topological polar surface area (TPSA) is 373 Å². The van der Waals surface area contributed by atoms with Gasteiger partial charge in [-0.3, -0.25) is 0 Å². The van der Waals surface area contributed by atoms with E-state index in [0.717, 1.165) is 60.7 Å². The van der Waals surface area contributed by atoms with Crippen molar-refractivity contribution in [1.29, 1.82) is 0 Å². The Labute approximate surface area is 362 Å². The van der Waals surface area contributed by atoms with Crippen LogP contribution in [0.4, 0.5) is 0 Å². The Morgan fingerprint density at radius 3 is 0.338 bits per heavy atom. The predicted molar refractivity (Wildman–Crippen MR) is 216 cm³/mol. The predicted octanol–water partition coefficient (Wildman–Crippen LogP) is 4.94. The van der Waals surface area contributed by atoms with Crippen molar-refractivity contribution in [1.82, 2.24) is 0 Å². The van der Waals surface area contributed by atoms with Gasteiger partial charge < -0.3 is 51.1 Å². The summed E-state index contributed by atoms with van der Waals surface area (Å²) in [5.41, 5.74) is -10.3. The average Bonchev–Trinajstić information content (AvgIpc) is 3.21. The fraction of sp³-hybridized carbons (Fsp3) is 0.111. The molecule has 5 aromatic carbocycles. The SMILES string of the molecule is O=C(O)c1cc2c(C(=O)O)cc1Cc1cc(C(=O)O)c(cc1C(=O)O)Cc1cc(C(=O)O)c(cc1C(=O)O)Cc1cc(C(=O)O)c(cc1C(=O)O)Cc1cc(C(=O)O)c(cc1C(=O)O)C2. The summed E-state index contributed by atoms with van der Waals surface area (Å²) >= 11 is 0. The second kappa shape index (κ2) is 17.3. The summed E-state index contributed by atoms with van der Waals surface area (Å²) in [4.78, 5) is 127. The molecule has 10 bridgehead atoms. The zero-order valence-corrected chi connectivity index (χ0v) is 32.9. The maximum absolute atomic E-state index is 12.7. The molecule has 10 aliphatic rings. The Bertz CT molecular complexity index is 2370. The molecule has 0 heterocycles. The molecule has 0 saturated carbocycles. The molecule has 0 aromatic heterocycles. The first-order chi connectivity index (χ1) is 30.5. The first-order valence-corrected chi connectivity index (χ1v) is 18.6. The molecular weight excluding hydrogens is 860 g/mol. The van der Waals surface area contributed by atoms with Crippen molar-refractivity contribution in [2.75, 3.05) is 0 Å². The monoisotopic (exact) mass is 890 g/mol. The second-order valence-corrected chi connectivity index (χ2v) is 14.8. The van der Waals surface area contributed by atoms with Crippen LogP contribution >= 0.6 is 0 Å². The van der Waals surface area contributed by atoms with Gasteiger partial charge in [0, 0.05) is 0 Å². The second-order valence-electron chi connectivity index (χ2n) is 14.8. The lowest BCUT2D eigenvalue weighted by molar-refractivity contribution is 0.0677. The number of benzene rings is 5. The highest BCUT2D eigenvalue weighted by Crippen LogP contribution is 2.33. The third kappa shape index (κ3) is 8.93. The van der Waals surface area contributed by atoms with Gasteiger partial charge in [-0.15, -0.1) is 0 Å². The lowest BCUT2D eigenvalue weighted by Crippen LogP contribution is -2.15. The van der Waals surface area contributed by atoms with Crippen molar-refractivity contribution in [3.63, 3.8) is 0 Å². The maximum Gasteiger partial charge on any atom is 0.335 e. The summed E-state index contributed by atoms with van der Waals surface area (Å²) < 4.78 is 0. The summed E-state index contributed by atoms with van der Waals surface area (Å²) in [6.07, 6.45) is -3.69. The van der Waals surface area contributed by atoms with Crippen molar-refractivity contribution in [2.24, 2.45) is 0 Å². The Morgan fingerprint density at radius 2 is 0.277 bits per heavy atom. The Morgan fingerprint density at radius 1 is 0.200 bits per heavy atom. The van der Waals surface area contributed by atoms with Gasteiger partial charge in [-0.2, -0.15) is 0 Å². The molecule has 65 heavy (non-hydrogen) atoms. The highest BCUT2D eigenvalue weighted by Gasteiger charge is 2.29. The molecule has 10 aliphatic carbocycles. The number of carboxylic acid groups (broad SMARTS) is 10. The average molecular weight is 891 g/mol. The molecule has 15 rings (SSSR count). The van der Waals surface area contributed by atoms with E-state index in [1.54, 1.807) is 0 Å². The van der Waals surface area contributed by atoms with E-state index in [0.29, 0.717) is 0 Å². The number of carbonyl (C=O) groups is 10. The van der Waals surface area contributed by atoms with E-state index in [9.17, 15) is 99.0 Å². The van der Waals surface area contributed by atoms with Crippen molar-refractivity contribution >= 4 is 59.7 Å². The van der Waals surface area contributed by atoms with Gasteiger partial charge >= 0.3 is 59.7 Å². The van der Waals surface area contributed by atoms with Crippen LogP contribution in [0.3, 0.4) is 0 Å². The molecule has 5 aromatic rings. The van der Waals surface area contributed by atoms with Crippen LogP contribution in [0.5, 0.6) is 0 Å². The molecule has 0 atom stereocenters. The van der Waals surface area contributed by atoms with Crippen LogP contribution in [-0.4, -0.2) is 111 Å². The molecule has 20 heteroatoms. The van der Waals surface area contributed by atoms with Crippen LogP contribution in [0.2, 0.25) is 0 Å². The summed E-state index contributed by atoms with van der Waals surface area (Å²) in [6.45, 7) is 0. The standard InChI is InChI=1S/C45H30O20/c46-36(47)26-8-18-2-20-10-32(42(58)59)22(12-30(20)40(54)55)4-24-14-35(45(64)65)25(15-34(24)44(62)63)5-23-13-31(41(56)57)21(11-33(23)43(60)61)3-19-9-27(37(48)49)17(7-29(19)39(52)53)1-16(26)6-28(18)38(50)51/h6-15H,1-5H2,(H,46,47)(H,48,49)(H,50,51)(H,52,53)(H,54,55)(H,56,57)(H,58,59)(H,60,61)(H,62,63)(H,64,65). The lowest BCUT2D eigenvalue weighted by atomic mass is 9.86. The molecule has 10 N–H and O–H groups in total. The number of rotatable bonds is 10. The van der Waals surface area contributed by atoms with E-state index < -0.39 is 147 Å². The lowest BCUT2D eigenvalue weighted by Gasteiger charge is -2.18. The van der Waals surface area contributed by atoms with Gasteiger partial charge in [0.05, 0.1) is 55.6 Å². The van der Waals surface area contributed by atoms with Crippen LogP contribution in [0.1, 0.15) is 159 Å². The molecule has 0 amide bonds. The molecule has 0 radical (unpaired) electrons. The molecule has 0 aliphatic heterocycles. The molecule has 330 valence electrons. The minimum absolute atomic E-state index is 0.369. The van der Waals surface area contributed by atoms with Gasteiger partial charge in [0.1, 0.15) is 0 Å². The first-order valence-electron chi connectivity index (χ1n) is 18.6. The molecule has 0 spiro atoms. The minimum atomic E-state index is -1.71. The van der Waals surface area contributed by atoms with Gasteiger partial charge in [-0.1, -0.05) is 0 Å². The van der Waals surface area contributed by atoms with E-state index in [1.165, 1.54) is 0 Å². The molecular formula is C45H30O20. The van der Waals surface area contributed by atoms with Gasteiger partial charge in [-0.25, -0.2) is 47.9 Å². The number of hydrogen-bond acceptors (Lipinski definition) is 10. The van der Waals surface area contributed by atoms with Crippen LogP contribution < -0.4 is 0 Å². The summed E-state index contributed by atoms with van der Waals surface area (Å²) in [5, 5.41) is 103. The van der Waals surface area contributed by atoms with Crippen LogP contribution in [0.15, 0.2) is 60.7 Å². The minimum Gasteiger partial charge on any atom is -0.478 e. The van der Waals surface area contributed by atoms with E-state index in [-0.39, 0.29) is 55.6 Å². The number of hydrogen-bond donors (Lipinski definition) is 10. The molecule has 0 fully saturated rings. The zero-order valence-electron chi connectivity index (χ0n) is 32.9. The van der Waals surface area contributed by atoms with Gasteiger partial charge in [0.2, 0.25) is 0 Å². The molecule has 20 nitrogen and oxygen atoms in total. The highest BCUT2D eigenvalue weighted by atomic mass is 16.4. The maximum atomic E-state index is 12.7.